The van der Waals surface area contributed by atoms with Crippen LogP contribution < -0.4 is 0 Å². The van der Waals surface area contributed by atoms with Crippen molar-refractivity contribution in [2.45, 2.75) is 39.3 Å². The maximum Gasteiger partial charge on any atom is 0.325 e. The van der Waals surface area contributed by atoms with Crippen molar-refractivity contribution in [2.24, 2.45) is 5.92 Å². The van der Waals surface area contributed by atoms with Crippen LogP contribution in [0, 0.1) is 5.92 Å². The maximum absolute atomic E-state index is 12.3. The molecule has 1 fully saturated rings. The Morgan fingerprint density at radius 3 is 2.53 bits per heavy atom. The summed E-state index contributed by atoms with van der Waals surface area (Å²) in [4.78, 5) is 25.1. The van der Waals surface area contributed by atoms with Gasteiger partial charge in [0.2, 0.25) is 5.91 Å². The summed E-state index contributed by atoms with van der Waals surface area (Å²) < 4.78 is 9.99. The molecule has 17 heavy (non-hydrogen) atoms. The van der Waals surface area contributed by atoms with Crippen molar-refractivity contribution in [1.29, 1.82) is 0 Å². The molecule has 1 amide bonds. The van der Waals surface area contributed by atoms with Crippen molar-refractivity contribution < 1.29 is 19.1 Å². The number of hydrogen-bond acceptors (Lipinski definition) is 4. The van der Waals surface area contributed by atoms with Crippen LogP contribution in [0.1, 0.15) is 27.2 Å². The van der Waals surface area contributed by atoms with Gasteiger partial charge in [0.05, 0.1) is 19.1 Å². The lowest BCUT2D eigenvalue weighted by Crippen LogP contribution is -2.45. The zero-order chi connectivity index (χ0) is 13.0. The van der Waals surface area contributed by atoms with E-state index < -0.39 is 5.97 Å². The predicted octanol–water partition coefficient (Wildman–Crippen LogP) is 0.821. The highest BCUT2D eigenvalue weighted by Gasteiger charge is 2.35. The second-order valence-corrected chi connectivity index (χ2v) is 4.61. The molecule has 0 aromatic carbocycles. The average molecular weight is 243 g/mol. The summed E-state index contributed by atoms with van der Waals surface area (Å²) in [6, 6.07) is -0.0191. The normalized spacial score (nSPS) is 23.8. The lowest BCUT2D eigenvalue weighted by atomic mass is 10.0. The minimum Gasteiger partial charge on any atom is -0.468 e. The van der Waals surface area contributed by atoms with Gasteiger partial charge in [0.15, 0.2) is 0 Å². The Hall–Kier alpha value is -1.10. The third-order valence-electron chi connectivity index (χ3n) is 3.13. The van der Waals surface area contributed by atoms with Crippen molar-refractivity contribution >= 4 is 11.9 Å². The van der Waals surface area contributed by atoms with Crippen LogP contribution in [0.15, 0.2) is 0 Å². The molecular weight excluding hydrogens is 222 g/mol. The van der Waals surface area contributed by atoms with Crippen LogP contribution in [0.3, 0.4) is 0 Å². The van der Waals surface area contributed by atoms with Gasteiger partial charge in [0.25, 0.3) is 0 Å². The van der Waals surface area contributed by atoms with Crippen LogP contribution in [0.4, 0.5) is 0 Å². The fourth-order valence-electron chi connectivity index (χ4n) is 1.99. The van der Waals surface area contributed by atoms with Gasteiger partial charge < -0.3 is 14.4 Å². The van der Waals surface area contributed by atoms with Gasteiger partial charge in [0.1, 0.15) is 6.54 Å². The van der Waals surface area contributed by atoms with Gasteiger partial charge in [-0.3, -0.25) is 9.59 Å². The lowest BCUT2D eigenvalue weighted by molar-refractivity contribution is -0.150. The van der Waals surface area contributed by atoms with E-state index in [0.717, 1.165) is 6.42 Å². The Bertz CT molecular complexity index is 290. The minimum atomic E-state index is -0.390. The van der Waals surface area contributed by atoms with E-state index in [9.17, 15) is 9.59 Å². The largest absolute Gasteiger partial charge is 0.468 e. The van der Waals surface area contributed by atoms with Gasteiger partial charge in [-0.1, -0.05) is 0 Å². The molecule has 2 unspecified atom stereocenters. The summed E-state index contributed by atoms with van der Waals surface area (Å²) in [7, 11) is 1.33. The van der Waals surface area contributed by atoms with E-state index in [1.807, 2.05) is 20.8 Å². The molecule has 98 valence electrons. The van der Waals surface area contributed by atoms with E-state index in [-0.39, 0.29) is 30.5 Å². The lowest BCUT2D eigenvalue weighted by Gasteiger charge is -2.29. The highest BCUT2D eigenvalue weighted by atomic mass is 16.5. The topological polar surface area (TPSA) is 55.8 Å². The Morgan fingerprint density at radius 1 is 1.47 bits per heavy atom. The molecule has 5 heteroatoms. The first-order chi connectivity index (χ1) is 7.97. The number of amides is 1. The molecule has 1 heterocycles. The second-order valence-electron chi connectivity index (χ2n) is 4.61. The third kappa shape index (κ3) is 3.43. The number of hydrogen-bond donors (Lipinski definition) is 0. The summed E-state index contributed by atoms with van der Waals surface area (Å²) in [5, 5.41) is 0. The monoisotopic (exact) mass is 243 g/mol. The first-order valence-electron chi connectivity index (χ1n) is 5.96. The van der Waals surface area contributed by atoms with E-state index >= 15 is 0 Å². The maximum atomic E-state index is 12.3. The fourth-order valence-corrected chi connectivity index (χ4v) is 1.99. The van der Waals surface area contributed by atoms with E-state index in [2.05, 4.69) is 4.74 Å². The third-order valence-corrected chi connectivity index (χ3v) is 3.13. The summed E-state index contributed by atoms with van der Waals surface area (Å²) in [5.41, 5.74) is 0. The fraction of sp³-hybridized carbons (Fsp3) is 0.833. The number of nitrogens with zero attached hydrogens (tertiary/aromatic N) is 1. The zero-order valence-electron chi connectivity index (χ0n) is 10.9. The quantitative estimate of drug-likeness (QED) is 0.686. The van der Waals surface area contributed by atoms with Gasteiger partial charge in [0, 0.05) is 12.6 Å². The smallest absolute Gasteiger partial charge is 0.325 e. The molecule has 0 aromatic heterocycles. The van der Waals surface area contributed by atoms with Crippen LogP contribution in [0.5, 0.6) is 0 Å². The summed E-state index contributed by atoms with van der Waals surface area (Å²) in [5.74, 6) is -0.545. The number of carbonyl (C=O) groups excluding carboxylic acids is 2. The zero-order valence-corrected chi connectivity index (χ0v) is 10.9. The predicted molar refractivity (Wildman–Crippen MR) is 62.4 cm³/mol. The molecule has 0 aromatic rings. The second kappa shape index (κ2) is 6.00. The van der Waals surface area contributed by atoms with Crippen LogP contribution >= 0.6 is 0 Å². The van der Waals surface area contributed by atoms with E-state index in [4.69, 9.17) is 4.74 Å². The number of ether oxygens (including phenoxy) is 2. The Balaban J connectivity index is 2.69. The van der Waals surface area contributed by atoms with Crippen LogP contribution in [0.25, 0.3) is 0 Å². The molecule has 0 bridgehead atoms. The van der Waals surface area contributed by atoms with Crippen LogP contribution in [-0.4, -0.2) is 49.2 Å². The first kappa shape index (κ1) is 14.0. The van der Waals surface area contributed by atoms with Crippen molar-refractivity contribution in [3.8, 4) is 0 Å². The van der Waals surface area contributed by atoms with Crippen molar-refractivity contribution in [3.05, 3.63) is 0 Å². The van der Waals surface area contributed by atoms with Crippen molar-refractivity contribution in [2.75, 3.05) is 20.3 Å². The highest BCUT2D eigenvalue weighted by molar-refractivity contribution is 5.84. The Morgan fingerprint density at radius 2 is 2.12 bits per heavy atom. The van der Waals surface area contributed by atoms with Gasteiger partial charge in [-0.15, -0.1) is 0 Å². The van der Waals surface area contributed by atoms with E-state index in [0.29, 0.717) is 6.61 Å². The molecule has 0 spiro atoms. The van der Waals surface area contributed by atoms with Crippen molar-refractivity contribution in [1.82, 2.24) is 4.90 Å². The molecule has 0 aliphatic carbocycles. The summed E-state index contributed by atoms with van der Waals surface area (Å²) in [6.07, 6.45) is 0.658. The van der Waals surface area contributed by atoms with Crippen LogP contribution in [0.2, 0.25) is 0 Å². The standard InChI is InChI=1S/C12H21NO4/c1-8(2)13(7-11(14)16-4)12(15)10-5-6-17-9(10)3/h8-10H,5-7H2,1-4H3. The Kier molecular flexibility index (Phi) is 4.93. The molecule has 0 radical (unpaired) electrons. The van der Waals surface area contributed by atoms with Gasteiger partial charge in [-0.2, -0.15) is 0 Å². The molecule has 1 saturated heterocycles. The van der Waals surface area contributed by atoms with Gasteiger partial charge in [-0.25, -0.2) is 0 Å². The molecule has 1 rings (SSSR count). The number of carbonyl (C=O) groups is 2. The summed E-state index contributed by atoms with van der Waals surface area (Å²) in [6.45, 7) is 6.30. The number of esters is 1. The molecule has 1 aliphatic rings. The van der Waals surface area contributed by atoms with Gasteiger partial charge >= 0.3 is 5.97 Å². The molecular formula is C12H21NO4. The Labute approximate surface area is 102 Å². The molecule has 2 atom stereocenters. The summed E-state index contributed by atoms with van der Waals surface area (Å²) >= 11 is 0. The number of methoxy groups -OCH3 is 1. The van der Waals surface area contributed by atoms with E-state index in [1.54, 1.807) is 4.90 Å². The van der Waals surface area contributed by atoms with Crippen LogP contribution in [-0.2, 0) is 19.1 Å². The average Bonchev–Trinajstić information content (AvgIpc) is 2.70. The molecule has 0 saturated carbocycles. The minimum absolute atomic E-state index is 0.0101. The van der Waals surface area contributed by atoms with Crippen molar-refractivity contribution in [3.63, 3.8) is 0 Å². The molecule has 5 nitrogen and oxygen atoms in total. The first-order valence-corrected chi connectivity index (χ1v) is 5.96. The number of rotatable bonds is 4. The molecule has 0 N–H and O–H groups in total. The molecule has 1 aliphatic heterocycles. The van der Waals surface area contributed by atoms with Gasteiger partial charge in [-0.05, 0) is 27.2 Å². The SMILES string of the molecule is COC(=O)CN(C(=O)C1CCOC1C)C(C)C. The van der Waals surface area contributed by atoms with E-state index in [1.165, 1.54) is 7.11 Å². The highest BCUT2D eigenvalue weighted by Crippen LogP contribution is 2.23.